The number of hydrogen-bond acceptors (Lipinski definition) is 8. The van der Waals surface area contributed by atoms with Crippen molar-refractivity contribution in [2.45, 2.75) is 59.6 Å². The number of fused-ring (bicyclic) bond motifs is 3. The molecule has 4 aromatic rings. The Balaban J connectivity index is 1.64. The van der Waals surface area contributed by atoms with Gasteiger partial charge in [-0.2, -0.15) is 4.74 Å². The van der Waals surface area contributed by atoms with Crippen LogP contribution >= 0.6 is 11.3 Å². The third-order valence-electron chi connectivity index (χ3n) is 6.26. The number of aromatic nitrogens is 4. The largest absolute Gasteiger partial charge is 0.460 e. The predicted octanol–water partition coefficient (Wildman–Crippen LogP) is 4.84. The molecule has 3 aromatic heterocycles. The van der Waals surface area contributed by atoms with Gasteiger partial charge in [0.15, 0.2) is 11.6 Å². The molecule has 1 atom stereocenters. The molecule has 1 aromatic carbocycles. The first-order chi connectivity index (χ1) is 17.4. The van der Waals surface area contributed by atoms with Crippen molar-refractivity contribution in [1.29, 1.82) is 0 Å². The van der Waals surface area contributed by atoms with Crippen LogP contribution in [-0.4, -0.2) is 36.8 Å². The number of hydrogen-bond donors (Lipinski definition) is 0. The lowest BCUT2D eigenvalue weighted by atomic mass is 9.98. The topological polar surface area (TPSA) is 105 Å². The Morgan fingerprint density at radius 3 is 2.41 bits per heavy atom. The van der Waals surface area contributed by atoms with E-state index in [1.807, 2.05) is 56.5 Å². The van der Waals surface area contributed by atoms with Gasteiger partial charge in [-0.3, -0.25) is 19.1 Å². The molecule has 5 rings (SSSR count). The van der Waals surface area contributed by atoms with Gasteiger partial charge in [0.25, 0.3) is 5.56 Å². The van der Waals surface area contributed by atoms with E-state index in [9.17, 15) is 9.59 Å². The summed E-state index contributed by atoms with van der Waals surface area (Å²) < 4.78 is 14.4. The van der Waals surface area contributed by atoms with Crippen LogP contribution in [0.5, 0.6) is 0 Å². The van der Waals surface area contributed by atoms with Crippen molar-refractivity contribution in [3.05, 3.63) is 73.9 Å². The Bertz CT molecular complexity index is 1590. The smallest absolute Gasteiger partial charge is 0.308 e. The molecule has 0 radical (unpaired) electrons. The van der Waals surface area contributed by atoms with E-state index >= 15 is 0 Å². The van der Waals surface area contributed by atoms with Crippen LogP contribution < -0.4 is 5.56 Å². The number of aryl methyl sites for hydroxylation is 3. The first kappa shape index (κ1) is 24.9. The molecule has 10 heteroatoms. The molecule has 37 heavy (non-hydrogen) atoms. The lowest BCUT2D eigenvalue weighted by Gasteiger charge is -2.21. The SMILES string of the molecule is Cc1sc2c(c1C)C(c1ccc(-c3cc(=O)n(C)o3)cc1)=N[C@@H](CC(=O)OC(C)(C)C)c1nnc(C)n1-2. The first-order valence-corrected chi connectivity index (χ1v) is 12.8. The van der Waals surface area contributed by atoms with Crippen molar-refractivity contribution in [2.24, 2.45) is 12.0 Å². The zero-order chi connectivity index (χ0) is 26.6. The lowest BCUT2D eigenvalue weighted by molar-refractivity contribution is -0.155. The molecule has 0 saturated heterocycles. The van der Waals surface area contributed by atoms with E-state index < -0.39 is 11.6 Å². The van der Waals surface area contributed by atoms with Crippen LogP contribution in [0.4, 0.5) is 0 Å². The number of ether oxygens (including phenoxy) is 1. The van der Waals surface area contributed by atoms with Gasteiger partial charge < -0.3 is 9.26 Å². The Kier molecular flexibility index (Phi) is 6.02. The fourth-order valence-corrected chi connectivity index (χ4v) is 5.63. The Labute approximate surface area is 218 Å². The highest BCUT2D eigenvalue weighted by Crippen LogP contribution is 2.40. The molecule has 0 amide bonds. The highest BCUT2D eigenvalue weighted by Gasteiger charge is 2.33. The number of rotatable bonds is 4. The van der Waals surface area contributed by atoms with E-state index in [1.54, 1.807) is 18.4 Å². The Morgan fingerprint density at radius 2 is 1.78 bits per heavy atom. The number of thiophene rings is 1. The van der Waals surface area contributed by atoms with Gasteiger partial charge in [-0.15, -0.1) is 21.5 Å². The Hall–Kier alpha value is -3.79. The third-order valence-corrected chi connectivity index (χ3v) is 7.46. The summed E-state index contributed by atoms with van der Waals surface area (Å²) in [5.41, 5.74) is 3.75. The minimum Gasteiger partial charge on any atom is -0.460 e. The van der Waals surface area contributed by atoms with Gasteiger partial charge >= 0.3 is 5.97 Å². The molecule has 192 valence electrons. The van der Waals surface area contributed by atoms with Crippen LogP contribution in [0.25, 0.3) is 16.3 Å². The summed E-state index contributed by atoms with van der Waals surface area (Å²) in [6.07, 6.45) is 0.0408. The molecule has 4 heterocycles. The fourth-order valence-electron chi connectivity index (χ4n) is 4.42. The summed E-state index contributed by atoms with van der Waals surface area (Å²) in [5.74, 6) is 1.50. The third kappa shape index (κ3) is 4.57. The van der Waals surface area contributed by atoms with Crippen molar-refractivity contribution in [3.63, 3.8) is 0 Å². The summed E-state index contributed by atoms with van der Waals surface area (Å²) >= 11 is 1.66. The molecule has 0 N–H and O–H groups in total. The van der Waals surface area contributed by atoms with Crippen molar-refractivity contribution < 1.29 is 14.1 Å². The molecular weight excluding hydrogens is 490 g/mol. The highest BCUT2D eigenvalue weighted by molar-refractivity contribution is 7.15. The monoisotopic (exact) mass is 519 g/mol. The van der Waals surface area contributed by atoms with Crippen LogP contribution in [0.1, 0.15) is 66.5 Å². The molecule has 0 saturated carbocycles. The van der Waals surface area contributed by atoms with Gasteiger partial charge in [0, 0.05) is 28.6 Å². The maximum Gasteiger partial charge on any atom is 0.308 e. The first-order valence-electron chi connectivity index (χ1n) is 12.0. The quantitative estimate of drug-likeness (QED) is 0.358. The number of benzene rings is 1. The number of aliphatic imine (C=N–C) groups is 1. The Morgan fingerprint density at radius 1 is 1.11 bits per heavy atom. The number of esters is 1. The van der Waals surface area contributed by atoms with Crippen molar-refractivity contribution in [3.8, 4) is 16.3 Å². The minimum atomic E-state index is -0.605. The molecular formula is C27H29N5O4S. The molecule has 1 aliphatic rings. The van der Waals surface area contributed by atoms with Crippen LogP contribution in [0.15, 0.2) is 44.6 Å². The molecule has 0 unspecified atom stereocenters. The van der Waals surface area contributed by atoms with Crippen molar-refractivity contribution >= 4 is 23.0 Å². The maximum absolute atomic E-state index is 12.9. The number of nitrogens with zero attached hydrogens (tertiary/aromatic N) is 5. The summed E-state index contributed by atoms with van der Waals surface area (Å²) in [6, 6.07) is 8.63. The van der Waals surface area contributed by atoms with Crippen LogP contribution in [0, 0.1) is 20.8 Å². The predicted molar refractivity (Wildman–Crippen MR) is 142 cm³/mol. The molecule has 0 spiro atoms. The van der Waals surface area contributed by atoms with Gasteiger partial charge in [-0.05, 0) is 47.1 Å². The second-order valence-corrected chi connectivity index (χ2v) is 11.4. The van der Waals surface area contributed by atoms with Gasteiger partial charge in [-0.25, -0.2) is 0 Å². The lowest BCUT2D eigenvalue weighted by Crippen LogP contribution is -2.25. The summed E-state index contributed by atoms with van der Waals surface area (Å²) in [5, 5.41) is 9.74. The van der Waals surface area contributed by atoms with Crippen molar-refractivity contribution in [1.82, 2.24) is 19.5 Å². The van der Waals surface area contributed by atoms with Gasteiger partial charge in [-0.1, -0.05) is 24.3 Å². The van der Waals surface area contributed by atoms with Gasteiger partial charge in [0.05, 0.1) is 18.2 Å². The standard InChI is InChI=1S/C27H29N5O4S/c1-14-15(2)37-26-23(14)24(18-10-8-17(9-11-18)20-13-21(33)31(7)36-20)28-19(12-22(34)35-27(4,5)6)25-30-29-16(3)32(25)26/h8-11,13,19H,12H2,1-7H3/t19-/m0/s1. The van der Waals surface area contributed by atoms with Crippen LogP contribution in [-0.2, 0) is 16.6 Å². The zero-order valence-electron chi connectivity index (χ0n) is 21.9. The average Bonchev–Trinajstić information content (AvgIpc) is 3.42. The van der Waals surface area contributed by atoms with Crippen LogP contribution in [0.3, 0.4) is 0 Å². The maximum atomic E-state index is 12.9. The number of carbonyl (C=O) groups excluding carboxylic acids is 1. The minimum absolute atomic E-state index is 0.0408. The van der Waals surface area contributed by atoms with E-state index in [4.69, 9.17) is 14.3 Å². The molecule has 1 aliphatic heterocycles. The van der Waals surface area contributed by atoms with E-state index in [0.717, 1.165) is 38.8 Å². The van der Waals surface area contributed by atoms with Crippen LogP contribution in [0.2, 0.25) is 0 Å². The van der Waals surface area contributed by atoms with Crippen molar-refractivity contribution in [2.75, 3.05) is 0 Å². The number of carbonyl (C=O) groups is 1. The second-order valence-electron chi connectivity index (χ2n) is 10.2. The summed E-state index contributed by atoms with van der Waals surface area (Å²) in [7, 11) is 1.58. The average molecular weight is 520 g/mol. The van der Waals surface area contributed by atoms with E-state index in [1.165, 1.54) is 15.7 Å². The molecule has 0 bridgehead atoms. The zero-order valence-corrected chi connectivity index (χ0v) is 22.8. The molecule has 0 fully saturated rings. The summed E-state index contributed by atoms with van der Waals surface area (Å²) in [4.78, 5) is 31.0. The van der Waals surface area contributed by atoms with Gasteiger partial charge in [0.1, 0.15) is 22.5 Å². The van der Waals surface area contributed by atoms with E-state index in [0.29, 0.717) is 11.6 Å². The fraction of sp³-hybridized carbons (Fsp3) is 0.370. The van der Waals surface area contributed by atoms with Gasteiger partial charge in [0.2, 0.25) is 0 Å². The molecule has 0 aliphatic carbocycles. The normalized spacial score (nSPS) is 15.1. The summed E-state index contributed by atoms with van der Waals surface area (Å²) in [6.45, 7) is 11.6. The highest BCUT2D eigenvalue weighted by atomic mass is 32.1. The van der Waals surface area contributed by atoms with E-state index in [2.05, 4.69) is 24.0 Å². The molecule has 9 nitrogen and oxygen atoms in total. The van der Waals surface area contributed by atoms with E-state index in [-0.39, 0.29) is 17.9 Å². The second kappa shape index (κ2) is 8.95.